The normalized spacial score (nSPS) is 12.0. The summed E-state index contributed by atoms with van der Waals surface area (Å²) in [6, 6.07) is 0. The Morgan fingerprint density at radius 3 is 1.38 bits per heavy atom. The van der Waals surface area contributed by atoms with Gasteiger partial charge in [-0.05, 0) is 37.1 Å². The summed E-state index contributed by atoms with van der Waals surface area (Å²) in [5, 5.41) is 0. The Kier molecular flexibility index (Phi) is 7.35. The van der Waals surface area contributed by atoms with Crippen LogP contribution < -0.4 is 5.73 Å². The first-order chi connectivity index (χ1) is 6.06. The fourth-order valence-electron chi connectivity index (χ4n) is 1.52. The maximum Gasteiger partial charge on any atom is -0.00489 e. The van der Waals surface area contributed by atoms with Crippen molar-refractivity contribution in [3.63, 3.8) is 0 Å². The first-order valence-electron chi connectivity index (χ1n) is 5.76. The molecule has 0 atom stereocenters. The largest absolute Gasteiger partial charge is 0.330 e. The molecule has 0 heterocycles. The number of nitrogens with two attached hydrogens (primary N) is 1. The molecule has 0 rings (SSSR count). The van der Waals surface area contributed by atoms with Crippen LogP contribution in [0.25, 0.3) is 0 Å². The molecule has 0 unspecified atom stereocenters. The van der Waals surface area contributed by atoms with Crippen molar-refractivity contribution in [3.05, 3.63) is 0 Å². The second-order valence-corrected chi connectivity index (χ2v) is 5.04. The molecule has 0 spiro atoms. The quantitative estimate of drug-likeness (QED) is 0.646. The molecule has 1 heteroatoms. The minimum atomic E-state index is 0.768. The van der Waals surface area contributed by atoms with E-state index >= 15 is 0 Å². The summed E-state index contributed by atoms with van der Waals surface area (Å²) in [6.07, 6.45) is 5.31. The van der Waals surface area contributed by atoms with Gasteiger partial charge in [-0.15, -0.1) is 0 Å². The summed E-state index contributed by atoms with van der Waals surface area (Å²) < 4.78 is 0. The van der Waals surface area contributed by atoms with Crippen molar-refractivity contribution in [2.75, 3.05) is 6.54 Å². The lowest BCUT2D eigenvalue weighted by molar-refractivity contribution is 0.376. The van der Waals surface area contributed by atoms with E-state index in [1.54, 1.807) is 0 Å². The Bertz CT molecular complexity index is 95.7. The molecular formula is C12H27N. The summed E-state index contributed by atoms with van der Waals surface area (Å²) in [5.74, 6) is 2.42. The van der Waals surface area contributed by atoms with E-state index < -0.39 is 0 Å². The summed E-state index contributed by atoms with van der Waals surface area (Å²) >= 11 is 0. The van der Waals surface area contributed by atoms with Crippen molar-refractivity contribution in [2.24, 2.45) is 23.5 Å². The van der Waals surface area contributed by atoms with Crippen molar-refractivity contribution in [2.45, 2.75) is 53.4 Å². The van der Waals surface area contributed by atoms with E-state index in [4.69, 9.17) is 5.73 Å². The maximum absolute atomic E-state index is 5.75. The van der Waals surface area contributed by atoms with E-state index in [2.05, 4.69) is 27.7 Å². The third-order valence-corrected chi connectivity index (χ3v) is 2.64. The first-order valence-corrected chi connectivity index (χ1v) is 5.76. The molecule has 0 bridgehead atoms. The van der Waals surface area contributed by atoms with Crippen LogP contribution in [-0.4, -0.2) is 6.54 Å². The van der Waals surface area contributed by atoms with Gasteiger partial charge in [0.15, 0.2) is 0 Å². The lowest BCUT2D eigenvalue weighted by Gasteiger charge is -2.16. The molecule has 0 saturated carbocycles. The summed E-state index contributed by atoms with van der Waals surface area (Å²) in [5.41, 5.74) is 5.75. The second-order valence-electron chi connectivity index (χ2n) is 5.04. The van der Waals surface area contributed by atoms with Gasteiger partial charge in [0.2, 0.25) is 0 Å². The van der Waals surface area contributed by atoms with E-state index in [-0.39, 0.29) is 0 Å². The molecular weight excluding hydrogens is 158 g/mol. The third kappa shape index (κ3) is 8.29. The van der Waals surface area contributed by atoms with Gasteiger partial charge in [-0.1, -0.05) is 40.5 Å². The zero-order chi connectivity index (χ0) is 10.3. The van der Waals surface area contributed by atoms with Crippen LogP contribution in [0, 0.1) is 17.8 Å². The van der Waals surface area contributed by atoms with Crippen molar-refractivity contribution in [3.8, 4) is 0 Å². The van der Waals surface area contributed by atoms with Crippen LogP contribution in [0.15, 0.2) is 0 Å². The average Bonchev–Trinajstić information content (AvgIpc) is 2.04. The highest BCUT2D eigenvalue weighted by atomic mass is 14.5. The minimum Gasteiger partial charge on any atom is -0.330 e. The lowest BCUT2D eigenvalue weighted by atomic mass is 9.91. The highest BCUT2D eigenvalue weighted by molar-refractivity contribution is 4.62. The third-order valence-electron chi connectivity index (χ3n) is 2.64. The number of rotatable bonds is 7. The first kappa shape index (κ1) is 13.0. The standard InChI is InChI=1S/C12H27N/c1-10(2)5-7-12(9-13)8-6-11(3)4/h10-12H,5-9,13H2,1-4H3. The van der Waals surface area contributed by atoms with Gasteiger partial charge >= 0.3 is 0 Å². The van der Waals surface area contributed by atoms with Crippen molar-refractivity contribution >= 4 is 0 Å². The summed E-state index contributed by atoms with van der Waals surface area (Å²) in [4.78, 5) is 0. The summed E-state index contributed by atoms with van der Waals surface area (Å²) in [6.45, 7) is 10.0. The molecule has 0 saturated heterocycles. The highest BCUT2D eigenvalue weighted by Gasteiger charge is 2.08. The van der Waals surface area contributed by atoms with Gasteiger partial charge in [-0.2, -0.15) is 0 Å². The van der Waals surface area contributed by atoms with Gasteiger partial charge < -0.3 is 5.73 Å². The molecule has 1 nitrogen and oxygen atoms in total. The minimum absolute atomic E-state index is 0.768. The van der Waals surface area contributed by atoms with Gasteiger partial charge in [0.25, 0.3) is 0 Å². The zero-order valence-electron chi connectivity index (χ0n) is 9.84. The molecule has 0 aromatic heterocycles. The number of hydrogen-bond donors (Lipinski definition) is 1. The Hall–Kier alpha value is -0.0400. The fourth-order valence-corrected chi connectivity index (χ4v) is 1.52. The van der Waals surface area contributed by atoms with E-state index in [1.807, 2.05) is 0 Å². The smallest absolute Gasteiger partial charge is 0.00489 e. The molecule has 13 heavy (non-hydrogen) atoms. The van der Waals surface area contributed by atoms with Crippen molar-refractivity contribution in [1.82, 2.24) is 0 Å². The van der Waals surface area contributed by atoms with Gasteiger partial charge in [-0.3, -0.25) is 0 Å². The van der Waals surface area contributed by atoms with E-state index in [9.17, 15) is 0 Å². The monoisotopic (exact) mass is 185 g/mol. The average molecular weight is 185 g/mol. The van der Waals surface area contributed by atoms with Crippen LogP contribution in [0.2, 0.25) is 0 Å². The summed E-state index contributed by atoms with van der Waals surface area (Å²) in [7, 11) is 0. The topological polar surface area (TPSA) is 26.0 Å². The molecule has 0 aromatic rings. The molecule has 0 amide bonds. The Balaban J connectivity index is 3.51. The van der Waals surface area contributed by atoms with E-state index in [1.165, 1.54) is 25.7 Å². The molecule has 0 aliphatic carbocycles. The van der Waals surface area contributed by atoms with Crippen LogP contribution in [-0.2, 0) is 0 Å². The maximum atomic E-state index is 5.75. The van der Waals surface area contributed by atoms with Crippen molar-refractivity contribution < 1.29 is 0 Å². The van der Waals surface area contributed by atoms with Crippen LogP contribution in [0.5, 0.6) is 0 Å². The fraction of sp³-hybridized carbons (Fsp3) is 1.00. The van der Waals surface area contributed by atoms with Crippen LogP contribution in [0.1, 0.15) is 53.4 Å². The molecule has 0 aliphatic heterocycles. The molecule has 0 aliphatic rings. The second kappa shape index (κ2) is 7.37. The predicted molar refractivity (Wildman–Crippen MR) is 60.7 cm³/mol. The van der Waals surface area contributed by atoms with Gasteiger partial charge in [0.05, 0.1) is 0 Å². The lowest BCUT2D eigenvalue weighted by Crippen LogP contribution is -2.15. The SMILES string of the molecule is CC(C)CCC(CN)CCC(C)C. The van der Waals surface area contributed by atoms with Gasteiger partial charge in [0.1, 0.15) is 0 Å². The molecule has 0 aromatic carbocycles. The van der Waals surface area contributed by atoms with Crippen LogP contribution in [0.3, 0.4) is 0 Å². The van der Waals surface area contributed by atoms with E-state index in [0.717, 1.165) is 24.3 Å². The predicted octanol–water partition coefficient (Wildman–Crippen LogP) is 3.43. The zero-order valence-corrected chi connectivity index (χ0v) is 9.84. The Morgan fingerprint density at radius 1 is 0.769 bits per heavy atom. The number of hydrogen-bond acceptors (Lipinski definition) is 1. The molecule has 2 N–H and O–H groups in total. The van der Waals surface area contributed by atoms with Crippen LogP contribution in [0.4, 0.5) is 0 Å². The van der Waals surface area contributed by atoms with Crippen molar-refractivity contribution in [1.29, 1.82) is 0 Å². The molecule has 0 fully saturated rings. The van der Waals surface area contributed by atoms with Gasteiger partial charge in [-0.25, -0.2) is 0 Å². The van der Waals surface area contributed by atoms with Crippen LogP contribution >= 0.6 is 0 Å². The molecule has 0 radical (unpaired) electrons. The van der Waals surface area contributed by atoms with E-state index in [0.29, 0.717) is 0 Å². The Morgan fingerprint density at radius 2 is 1.15 bits per heavy atom. The Labute approximate surface area is 84.1 Å². The molecule has 80 valence electrons. The van der Waals surface area contributed by atoms with Gasteiger partial charge in [0, 0.05) is 0 Å². The highest BCUT2D eigenvalue weighted by Crippen LogP contribution is 2.18.